The summed E-state index contributed by atoms with van der Waals surface area (Å²) in [6.07, 6.45) is -5.38. The first-order valence-corrected chi connectivity index (χ1v) is 16.8. The number of carbonyl (C=O) groups excluding carboxylic acids is 1. The second kappa shape index (κ2) is 13.8. The van der Waals surface area contributed by atoms with Gasteiger partial charge < -0.3 is 39.5 Å². The Hall–Kier alpha value is -3.75. The maximum absolute atomic E-state index is 14.1. The minimum atomic E-state index is -4.82. The summed E-state index contributed by atoms with van der Waals surface area (Å²) in [5.74, 6) is -1.08. The van der Waals surface area contributed by atoms with Crippen molar-refractivity contribution in [2.24, 2.45) is 0 Å². The first-order valence-electron chi connectivity index (χ1n) is 15.1. The number of hydrogen-bond donors (Lipinski definition) is 4. The van der Waals surface area contributed by atoms with Crippen LogP contribution in [0.1, 0.15) is 65.2 Å². The van der Waals surface area contributed by atoms with E-state index in [0.29, 0.717) is 35.9 Å². The predicted molar refractivity (Wildman–Crippen MR) is 167 cm³/mol. The second-order valence-corrected chi connectivity index (χ2v) is 13.4. The molecule has 3 atom stereocenters. The molecule has 5 rings (SSSR count). The summed E-state index contributed by atoms with van der Waals surface area (Å²) in [5, 5.41) is 25.8. The number of aliphatic hydroxyl groups excluding tert-OH is 2. The van der Waals surface area contributed by atoms with Crippen molar-refractivity contribution in [3.05, 3.63) is 64.3 Å². The van der Waals surface area contributed by atoms with Gasteiger partial charge in [-0.05, 0) is 67.5 Å². The number of aromatic nitrogens is 2. The molecule has 0 saturated heterocycles. The van der Waals surface area contributed by atoms with Crippen LogP contribution in [0.2, 0.25) is 0 Å². The number of halogens is 3. The van der Waals surface area contributed by atoms with E-state index >= 15 is 0 Å². The van der Waals surface area contributed by atoms with Crippen LogP contribution in [0.15, 0.2) is 36.5 Å². The molecule has 16 heteroatoms. The predicted octanol–water partition coefficient (Wildman–Crippen LogP) is 5.94. The van der Waals surface area contributed by atoms with Crippen molar-refractivity contribution >= 4 is 36.6 Å². The molecule has 4 N–H and O–H groups in total. The van der Waals surface area contributed by atoms with Crippen LogP contribution >= 0.6 is 7.60 Å². The van der Waals surface area contributed by atoms with Gasteiger partial charge in [-0.15, -0.1) is 0 Å². The average Bonchev–Trinajstić information content (AvgIpc) is 3.50. The largest absolute Gasteiger partial charge is 0.495 e. The number of carbonyl (C=O) groups is 1. The van der Waals surface area contributed by atoms with Gasteiger partial charge in [-0.3, -0.25) is 9.36 Å². The first kappa shape index (κ1) is 34.6. The van der Waals surface area contributed by atoms with Gasteiger partial charge in [-0.1, -0.05) is 12.1 Å². The molecule has 0 unspecified atom stereocenters. The van der Waals surface area contributed by atoms with Crippen LogP contribution < -0.4 is 15.4 Å². The lowest BCUT2D eigenvalue weighted by molar-refractivity contribution is -0.137. The van der Waals surface area contributed by atoms with Crippen molar-refractivity contribution in [1.29, 1.82) is 0 Å². The SMILES string of the molecule is CCOP(=O)(Cc1ccc(Nc2ncc(C(F)(F)F)c(Nc3ccc([C@@H]4C[C@@H](O)[C@@H](O)C4)c4c3C(=O)N(C)C4)n2)c(OC)c1)OCC. The Morgan fingerprint density at radius 3 is 2.32 bits per heavy atom. The van der Waals surface area contributed by atoms with E-state index in [9.17, 15) is 32.7 Å². The molecule has 1 aliphatic heterocycles. The molecule has 12 nitrogen and oxygen atoms in total. The average molecular weight is 680 g/mol. The van der Waals surface area contributed by atoms with Gasteiger partial charge in [0.25, 0.3) is 5.91 Å². The zero-order valence-electron chi connectivity index (χ0n) is 26.3. The molecular weight excluding hydrogens is 642 g/mol. The fraction of sp³-hybridized carbons (Fsp3) is 0.452. The summed E-state index contributed by atoms with van der Waals surface area (Å²) in [6.45, 7) is 4.04. The van der Waals surface area contributed by atoms with E-state index in [1.807, 2.05) is 0 Å². The van der Waals surface area contributed by atoms with Crippen LogP contribution in [0.5, 0.6) is 5.75 Å². The Kier molecular flexibility index (Phi) is 10.1. The minimum Gasteiger partial charge on any atom is -0.495 e. The van der Waals surface area contributed by atoms with E-state index < -0.39 is 37.4 Å². The van der Waals surface area contributed by atoms with E-state index in [1.54, 1.807) is 45.2 Å². The molecule has 2 aromatic carbocycles. The Labute approximate surface area is 269 Å². The van der Waals surface area contributed by atoms with Gasteiger partial charge in [0.1, 0.15) is 17.1 Å². The molecule has 2 heterocycles. The van der Waals surface area contributed by atoms with E-state index in [2.05, 4.69) is 20.6 Å². The third-order valence-corrected chi connectivity index (χ3v) is 10.2. The number of rotatable bonds is 12. The number of hydrogen-bond acceptors (Lipinski definition) is 11. The highest BCUT2D eigenvalue weighted by Gasteiger charge is 2.39. The standard InChI is InChI=1S/C31H37F3N5O7P/c1-5-45-47(43,46-6-2)16-17-7-9-22(26(11-17)44-4)37-30-35-14-21(31(32,33)34)28(38-30)36-23-10-8-19(18-12-24(40)25(41)13-18)20-15-39(3)29(42)27(20)23/h7-11,14,18,24-25,40-41H,5-6,12-13,15-16H2,1-4H3,(H2,35,36,37,38)/t18-,24-,25+. The molecule has 0 spiro atoms. The highest BCUT2D eigenvalue weighted by atomic mass is 31.2. The van der Waals surface area contributed by atoms with Crippen LogP contribution in [-0.2, 0) is 32.5 Å². The van der Waals surface area contributed by atoms with Gasteiger partial charge in [-0.25, -0.2) is 4.98 Å². The third kappa shape index (κ3) is 7.39. The van der Waals surface area contributed by atoms with Gasteiger partial charge in [0, 0.05) is 19.8 Å². The normalized spacial score (nSPS) is 19.6. The Balaban J connectivity index is 1.47. The zero-order valence-corrected chi connectivity index (χ0v) is 27.2. The molecule has 0 bridgehead atoms. The van der Waals surface area contributed by atoms with E-state index in [-0.39, 0.29) is 60.7 Å². The number of aliphatic hydroxyl groups is 2. The van der Waals surface area contributed by atoms with Crippen molar-refractivity contribution in [3.63, 3.8) is 0 Å². The zero-order chi connectivity index (χ0) is 34.1. The Morgan fingerprint density at radius 1 is 1.04 bits per heavy atom. The lowest BCUT2D eigenvalue weighted by Crippen LogP contribution is -2.18. The molecule has 3 aromatic rings. The van der Waals surface area contributed by atoms with Crippen LogP contribution in [0.3, 0.4) is 0 Å². The molecule has 254 valence electrons. The van der Waals surface area contributed by atoms with Gasteiger partial charge in [-0.2, -0.15) is 18.2 Å². The smallest absolute Gasteiger partial charge is 0.421 e. The van der Waals surface area contributed by atoms with E-state index in [1.165, 1.54) is 18.1 Å². The highest BCUT2D eigenvalue weighted by molar-refractivity contribution is 7.53. The molecule has 0 radical (unpaired) electrons. The molecule has 1 aromatic heterocycles. The fourth-order valence-corrected chi connectivity index (χ4v) is 7.68. The van der Waals surface area contributed by atoms with Crippen LogP contribution in [0.4, 0.5) is 36.3 Å². The highest BCUT2D eigenvalue weighted by Crippen LogP contribution is 2.52. The summed E-state index contributed by atoms with van der Waals surface area (Å²) in [5.41, 5.74) is 1.48. The number of methoxy groups -OCH3 is 1. The van der Waals surface area contributed by atoms with E-state index in [0.717, 1.165) is 5.56 Å². The molecule has 1 aliphatic carbocycles. The number of ether oxygens (including phenoxy) is 1. The van der Waals surface area contributed by atoms with Crippen LogP contribution in [0, 0.1) is 0 Å². The van der Waals surface area contributed by atoms with Gasteiger partial charge >= 0.3 is 13.8 Å². The second-order valence-electron chi connectivity index (χ2n) is 11.4. The number of nitrogens with zero attached hydrogens (tertiary/aromatic N) is 3. The van der Waals surface area contributed by atoms with E-state index in [4.69, 9.17) is 13.8 Å². The van der Waals surface area contributed by atoms with Crippen molar-refractivity contribution in [1.82, 2.24) is 14.9 Å². The molecule has 2 aliphatic rings. The van der Waals surface area contributed by atoms with Crippen LogP contribution in [-0.4, -0.2) is 70.6 Å². The molecule has 1 amide bonds. The molecule has 1 fully saturated rings. The topological polar surface area (TPSA) is 155 Å². The van der Waals surface area contributed by atoms with Crippen molar-refractivity contribution < 1.29 is 46.5 Å². The van der Waals surface area contributed by atoms with Crippen molar-refractivity contribution in [3.8, 4) is 5.75 Å². The van der Waals surface area contributed by atoms with Gasteiger partial charge in [0.15, 0.2) is 0 Å². The maximum Gasteiger partial charge on any atom is 0.421 e. The quantitative estimate of drug-likeness (QED) is 0.168. The lowest BCUT2D eigenvalue weighted by atomic mass is 9.90. The summed E-state index contributed by atoms with van der Waals surface area (Å²) in [4.78, 5) is 22.7. The maximum atomic E-state index is 14.1. The number of benzene rings is 2. The third-order valence-electron chi connectivity index (χ3n) is 8.13. The number of alkyl halides is 3. The number of nitrogens with one attached hydrogen (secondary N) is 2. The van der Waals surface area contributed by atoms with Gasteiger partial charge in [0.05, 0.1) is 55.6 Å². The summed E-state index contributed by atoms with van der Waals surface area (Å²) < 4.78 is 71.7. The lowest BCUT2D eigenvalue weighted by Gasteiger charge is -2.19. The Bertz CT molecular complexity index is 1670. The Morgan fingerprint density at radius 2 is 1.70 bits per heavy atom. The summed E-state index contributed by atoms with van der Waals surface area (Å²) in [6, 6.07) is 8.06. The molecule has 47 heavy (non-hydrogen) atoms. The monoisotopic (exact) mass is 679 g/mol. The molecular formula is C31H37F3N5O7P. The van der Waals surface area contributed by atoms with Crippen molar-refractivity contribution in [2.75, 3.05) is 38.0 Å². The minimum absolute atomic E-state index is 0.0188. The fourth-order valence-electron chi connectivity index (χ4n) is 5.99. The van der Waals surface area contributed by atoms with Crippen LogP contribution in [0.25, 0.3) is 0 Å². The number of fused-ring (bicyclic) bond motifs is 1. The van der Waals surface area contributed by atoms with Crippen molar-refractivity contribution in [2.45, 2.75) is 63.7 Å². The van der Waals surface area contributed by atoms with Gasteiger partial charge in [0.2, 0.25) is 5.95 Å². The first-order chi connectivity index (χ1) is 22.3. The number of anilines is 4. The molecule has 1 saturated carbocycles. The number of amides is 1. The summed E-state index contributed by atoms with van der Waals surface area (Å²) >= 11 is 0. The summed E-state index contributed by atoms with van der Waals surface area (Å²) in [7, 11) is -0.415.